The SMILES string of the molecule is CO/C(C)=N/O[C@@H]1CC[C@H](C)N2C[C@H]1n1cc(C(=O)NCc3ccc(F)cc3F)c(=O)c(OCOC(=O)CC(C)C)c1C2=O. The number of oxime groups is 1. The molecule has 0 aliphatic carbocycles. The normalized spacial score (nSPS) is 19.6. The fourth-order valence-electron chi connectivity index (χ4n) is 5.10. The van der Waals surface area contributed by atoms with Crippen molar-refractivity contribution in [3.8, 4) is 5.75 Å². The van der Waals surface area contributed by atoms with Crippen LogP contribution in [0.5, 0.6) is 5.75 Å². The molecule has 44 heavy (non-hydrogen) atoms. The van der Waals surface area contributed by atoms with Crippen molar-refractivity contribution in [1.29, 1.82) is 0 Å². The molecule has 2 aromatic rings. The zero-order chi connectivity index (χ0) is 32.1. The van der Waals surface area contributed by atoms with Crippen LogP contribution in [0.2, 0.25) is 0 Å². The molecule has 3 atom stereocenters. The molecule has 0 unspecified atom stereocenters. The molecule has 2 bridgehead atoms. The first-order chi connectivity index (χ1) is 20.9. The van der Waals surface area contributed by atoms with Crippen LogP contribution >= 0.6 is 0 Å². The fourth-order valence-corrected chi connectivity index (χ4v) is 5.10. The quantitative estimate of drug-likeness (QED) is 0.140. The molecule has 1 saturated heterocycles. The molecule has 1 aromatic carbocycles. The van der Waals surface area contributed by atoms with E-state index in [0.717, 1.165) is 6.07 Å². The van der Waals surface area contributed by atoms with Crippen molar-refractivity contribution < 1.29 is 42.2 Å². The average molecular weight is 619 g/mol. The standard InChI is InChI=1S/C30H36F2N4O8/c1-16(2)10-25(37)42-15-43-28-26-30(40)35-14-23(24(9-6-17(35)3)44-34-18(4)41-5)36(26)13-21(27(28)38)29(39)33-12-19-7-8-20(31)11-22(19)32/h7-8,11,13,16-17,23-24H,6,9-10,12,14-15H2,1-5H3,(H,33,39)/b34-18+/t17-,23+,24+/m0/s1. The minimum absolute atomic E-state index is 0.00485. The van der Waals surface area contributed by atoms with E-state index in [1.807, 2.05) is 20.8 Å². The summed E-state index contributed by atoms with van der Waals surface area (Å²) in [5.74, 6) is -3.81. The van der Waals surface area contributed by atoms with Gasteiger partial charge in [0, 0.05) is 50.3 Å². The predicted molar refractivity (Wildman–Crippen MR) is 153 cm³/mol. The maximum absolute atomic E-state index is 14.2. The predicted octanol–water partition coefficient (Wildman–Crippen LogP) is 3.53. The van der Waals surface area contributed by atoms with Gasteiger partial charge in [0.25, 0.3) is 11.8 Å². The molecule has 2 amide bonds. The van der Waals surface area contributed by atoms with Gasteiger partial charge >= 0.3 is 5.97 Å². The summed E-state index contributed by atoms with van der Waals surface area (Å²) in [6, 6.07) is 2.08. The maximum atomic E-state index is 14.2. The van der Waals surface area contributed by atoms with Gasteiger partial charge in [-0.15, -0.1) is 0 Å². The van der Waals surface area contributed by atoms with Gasteiger partial charge in [-0.1, -0.05) is 25.1 Å². The molecule has 0 radical (unpaired) electrons. The van der Waals surface area contributed by atoms with E-state index < -0.39 is 65.1 Å². The van der Waals surface area contributed by atoms with E-state index in [2.05, 4.69) is 10.5 Å². The Morgan fingerprint density at radius 2 is 1.93 bits per heavy atom. The number of fused-ring (bicyclic) bond motifs is 4. The van der Waals surface area contributed by atoms with Crippen molar-refractivity contribution >= 4 is 23.7 Å². The summed E-state index contributed by atoms with van der Waals surface area (Å²) >= 11 is 0. The van der Waals surface area contributed by atoms with Crippen LogP contribution in [0.1, 0.15) is 79.4 Å². The van der Waals surface area contributed by atoms with E-state index in [0.29, 0.717) is 18.9 Å². The summed E-state index contributed by atoms with van der Waals surface area (Å²) in [5, 5.41) is 6.50. The van der Waals surface area contributed by atoms with Crippen molar-refractivity contribution in [3.05, 3.63) is 63.1 Å². The molecule has 1 N–H and O–H groups in total. The number of nitrogens with zero attached hydrogens (tertiary/aromatic N) is 3. The first kappa shape index (κ1) is 32.4. The van der Waals surface area contributed by atoms with Crippen LogP contribution in [0.3, 0.4) is 0 Å². The van der Waals surface area contributed by atoms with Gasteiger partial charge in [-0.25, -0.2) is 8.78 Å². The van der Waals surface area contributed by atoms with Crippen LogP contribution in [0, 0.1) is 17.6 Å². The molecular weight excluding hydrogens is 582 g/mol. The van der Waals surface area contributed by atoms with Crippen molar-refractivity contribution in [2.75, 3.05) is 20.4 Å². The molecule has 0 saturated carbocycles. The number of amides is 2. The van der Waals surface area contributed by atoms with Crippen LogP contribution in [0.4, 0.5) is 8.78 Å². The van der Waals surface area contributed by atoms with Crippen LogP contribution in [-0.4, -0.2) is 65.7 Å². The fraction of sp³-hybridized carbons (Fsp3) is 0.500. The highest BCUT2D eigenvalue weighted by Crippen LogP contribution is 2.36. The lowest BCUT2D eigenvalue weighted by Gasteiger charge is -2.38. The third-order valence-electron chi connectivity index (χ3n) is 7.54. The van der Waals surface area contributed by atoms with Gasteiger partial charge in [-0.05, 0) is 31.7 Å². The van der Waals surface area contributed by atoms with Crippen LogP contribution in [-0.2, 0) is 25.7 Å². The average Bonchev–Trinajstić information content (AvgIpc) is 3.11. The van der Waals surface area contributed by atoms with Gasteiger partial charge in [-0.3, -0.25) is 19.2 Å². The van der Waals surface area contributed by atoms with Crippen molar-refractivity contribution in [1.82, 2.24) is 14.8 Å². The molecule has 4 rings (SSSR count). The largest absolute Gasteiger partial charge is 0.482 e. The summed E-state index contributed by atoms with van der Waals surface area (Å²) in [6.07, 6.45) is 1.80. The van der Waals surface area contributed by atoms with Crippen LogP contribution < -0.4 is 15.5 Å². The van der Waals surface area contributed by atoms with E-state index in [4.69, 9.17) is 19.0 Å². The summed E-state index contributed by atoms with van der Waals surface area (Å²) in [4.78, 5) is 60.4. The second-order valence-corrected chi connectivity index (χ2v) is 11.2. The summed E-state index contributed by atoms with van der Waals surface area (Å²) in [6.45, 7) is 6.31. The minimum atomic E-state index is -0.931. The lowest BCUT2D eigenvalue weighted by molar-refractivity contribution is -0.151. The number of rotatable bonds is 10. The van der Waals surface area contributed by atoms with Crippen molar-refractivity contribution in [2.45, 2.75) is 71.7 Å². The Balaban J connectivity index is 1.76. The first-order valence-corrected chi connectivity index (χ1v) is 14.3. The van der Waals surface area contributed by atoms with E-state index in [-0.39, 0.29) is 48.6 Å². The molecule has 12 nitrogen and oxygen atoms in total. The molecule has 1 fully saturated rings. The van der Waals surface area contributed by atoms with Gasteiger partial charge in [-0.2, -0.15) is 0 Å². The molecule has 238 valence electrons. The Bertz CT molecular complexity index is 1510. The smallest absolute Gasteiger partial charge is 0.308 e. The van der Waals surface area contributed by atoms with Gasteiger partial charge in [0.2, 0.25) is 23.9 Å². The van der Waals surface area contributed by atoms with Gasteiger partial charge in [0.15, 0.2) is 5.69 Å². The van der Waals surface area contributed by atoms with Crippen LogP contribution in [0.15, 0.2) is 34.3 Å². The number of hydrogen-bond acceptors (Lipinski definition) is 9. The van der Waals surface area contributed by atoms with Gasteiger partial charge < -0.3 is 33.8 Å². The minimum Gasteiger partial charge on any atom is -0.482 e. The molecule has 2 aliphatic heterocycles. The molecule has 1 aromatic heterocycles. The number of carbonyl (C=O) groups excluding carboxylic acids is 3. The Hall–Kier alpha value is -4.49. The third kappa shape index (κ3) is 7.17. The molecule has 2 aliphatic rings. The lowest BCUT2D eigenvalue weighted by atomic mass is 10.0. The van der Waals surface area contributed by atoms with Crippen molar-refractivity contribution in [3.63, 3.8) is 0 Å². The second-order valence-electron chi connectivity index (χ2n) is 11.2. The number of nitrogens with one attached hydrogen (secondary N) is 1. The number of methoxy groups -OCH3 is 1. The van der Waals surface area contributed by atoms with Gasteiger partial charge in [0.1, 0.15) is 23.3 Å². The zero-order valence-corrected chi connectivity index (χ0v) is 25.2. The molecule has 14 heteroatoms. The maximum Gasteiger partial charge on any atom is 0.308 e. The van der Waals surface area contributed by atoms with Gasteiger partial charge in [0.05, 0.1) is 13.2 Å². The number of halogens is 2. The highest BCUT2D eigenvalue weighted by Gasteiger charge is 2.44. The van der Waals surface area contributed by atoms with Crippen molar-refractivity contribution in [2.24, 2.45) is 11.1 Å². The van der Waals surface area contributed by atoms with E-state index in [9.17, 15) is 28.0 Å². The highest BCUT2D eigenvalue weighted by molar-refractivity contribution is 5.99. The Labute approximate surface area is 252 Å². The number of ether oxygens (including phenoxy) is 3. The number of benzene rings is 1. The highest BCUT2D eigenvalue weighted by atomic mass is 19.1. The summed E-state index contributed by atoms with van der Waals surface area (Å²) in [7, 11) is 1.44. The lowest BCUT2D eigenvalue weighted by Crippen LogP contribution is -2.49. The first-order valence-electron chi connectivity index (χ1n) is 14.3. The number of hydrogen-bond donors (Lipinski definition) is 1. The summed E-state index contributed by atoms with van der Waals surface area (Å²) < 4.78 is 44.9. The monoisotopic (exact) mass is 618 g/mol. The van der Waals surface area contributed by atoms with E-state index >= 15 is 0 Å². The molecular formula is C30H36F2N4O8. The number of pyridine rings is 1. The Morgan fingerprint density at radius 1 is 1.18 bits per heavy atom. The number of esters is 1. The van der Waals surface area contributed by atoms with E-state index in [1.165, 1.54) is 23.9 Å². The Morgan fingerprint density at radius 3 is 2.61 bits per heavy atom. The number of carbonyl (C=O) groups is 3. The number of aromatic nitrogens is 1. The Kier molecular flexibility index (Phi) is 10.2. The van der Waals surface area contributed by atoms with E-state index in [1.54, 1.807) is 11.8 Å². The zero-order valence-electron chi connectivity index (χ0n) is 25.2. The molecule has 3 heterocycles. The second kappa shape index (κ2) is 13.9. The molecule has 0 spiro atoms. The summed E-state index contributed by atoms with van der Waals surface area (Å²) in [5.41, 5.74) is -1.48. The van der Waals surface area contributed by atoms with Crippen LogP contribution in [0.25, 0.3) is 0 Å². The topological polar surface area (TPSA) is 138 Å². The third-order valence-corrected chi connectivity index (χ3v) is 7.54.